The van der Waals surface area contributed by atoms with Crippen molar-refractivity contribution >= 4 is 5.91 Å². The number of amides is 1. The molecule has 3 aromatic rings. The minimum Gasteiger partial charge on any atom is -0.348 e. The van der Waals surface area contributed by atoms with Crippen molar-refractivity contribution in [1.29, 1.82) is 0 Å². The lowest BCUT2D eigenvalue weighted by molar-refractivity contribution is 0.0950. The number of benzene rings is 1. The van der Waals surface area contributed by atoms with E-state index in [1.165, 1.54) is 18.5 Å². The van der Waals surface area contributed by atoms with Crippen molar-refractivity contribution in [1.82, 2.24) is 24.9 Å². The first-order valence-electron chi connectivity index (χ1n) is 8.66. The van der Waals surface area contributed by atoms with E-state index in [0.29, 0.717) is 12.1 Å². The van der Waals surface area contributed by atoms with Gasteiger partial charge in [0.05, 0.1) is 29.3 Å². The maximum atomic E-state index is 12.6. The number of nitrogens with one attached hydrogen (secondary N) is 1. The Labute approximate surface area is 146 Å². The van der Waals surface area contributed by atoms with Crippen LogP contribution in [0.2, 0.25) is 0 Å². The van der Waals surface area contributed by atoms with Gasteiger partial charge in [0.15, 0.2) is 0 Å². The molecule has 3 heterocycles. The molecule has 4 rings (SSSR count). The fourth-order valence-corrected chi connectivity index (χ4v) is 3.37. The Morgan fingerprint density at radius 3 is 2.84 bits per heavy atom. The van der Waals surface area contributed by atoms with Crippen LogP contribution in [0.3, 0.4) is 0 Å². The van der Waals surface area contributed by atoms with Crippen LogP contribution in [0.5, 0.6) is 0 Å². The molecule has 0 radical (unpaired) electrons. The van der Waals surface area contributed by atoms with Crippen LogP contribution in [-0.4, -0.2) is 25.5 Å². The fourth-order valence-electron chi connectivity index (χ4n) is 3.37. The van der Waals surface area contributed by atoms with Crippen molar-refractivity contribution in [2.24, 2.45) is 0 Å². The maximum absolute atomic E-state index is 12.6. The van der Waals surface area contributed by atoms with Crippen LogP contribution in [0.1, 0.15) is 40.2 Å². The molecule has 1 aliphatic heterocycles. The van der Waals surface area contributed by atoms with Gasteiger partial charge in [0.1, 0.15) is 0 Å². The van der Waals surface area contributed by atoms with Gasteiger partial charge in [-0.1, -0.05) is 18.2 Å². The summed E-state index contributed by atoms with van der Waals surface area (Å²) in [6.07, 6.45) is 6.91. The highest BCUT2D eigenvalue weighted by Gasteiger charge is 2.18. The molecular formula is C19H21N5O. The number of hydrogen-bond acceptors (Lipinski definition) is 3. The Bertz CT molecular complexity index is 894. The van der Waals surface area contributed by atoms with Gasteiger partial charge in [0.25, 0.3) is 5.91 Å². The number of carbonyl (C=O) groups is 1. The molecule has 0 fully saturated rings. The lowest BCUT2D eigenvalue weighted by atomic mass is 10.1. The minimum absolute atomic E-state index is 0.101. The quantitative estimate of drug-likeness (QED) is 0.797. The average Bonchev–Trinajstić information content (AvgIpc) is 3.24. The number of carbonyl (C=O) groups excluding carboxylic acids is 1. The number of para-hydroxylation sites is 1. The first-order chi connectivity index (χ1) is 12.2. The van der Waals surface area contributed by atoms with Crippen molar-refractivity contribution in [2.75, 3.05) is 0 Å². The summed E-state index contributed by atoms with van der Waals surface area (Å²) in [5, 5.41) is 11.8. The minimum atomic E-state index is -0.101. The predicted octanol–water partition coefficient (Wildman–Crippen LogP) is 2.64. The fraction of sp³-hybridized carbons (Fsp3) is 0.316. The average molecular weight is 335 g/mol. The molecule has 0 spiro atoms. The zero-order valence-electron chi connectivity index (χ0n) is 14.3. The third-order valence-corrected chi connectivity index (χ3v) is 4.76. The van der Waals surface area contributed by atoms with Gasteiger partial charge in [0.2, 0.25) is 0 Å². The second kappa shape index (κ2) is 6.55. The van der Waals surface area contributed by atoms with E-state index in [-0.39, 0.29) is 5.91 Å². The maximum Gasteiger partial charge on any atom is 0.255 e. The third kappa shape index (κ3) is 2.95. The van der Waals surface area contributed by atoms with E-state index in [0.717, 1.165) is 29.9 Å². The zero-order valence-corrected chi connectivity index (χ0v) is 14.3. The number of rotatable bonds is 4. The van der Waals surface area contributed by atoms with Crippen LogP contribution in [0.25, 0.3) is 5.69 Å². The Balaban J connectivity index is 1.49. The largest absolute Gasteiger partial charge is 0.348 e. The highest BCUT2D eigenvalue weighted by Crippen LogP contribution is 2.18. The first-order valence-corrected chi connectivity index (χ1v) is 8.66. The summed E-state index contributed by atoms with van der Waals surface area (Å²) in [4.78, 5) is 12.6. The molecule has 0 atom stereocenters. The molecule has 0 bridgehead atoms. The lowest BCUT2D eigenvalue weighted by Crippen LogP contribution is -2.24. The molecule has 1 amide bonds. The summed E-state index contributed by atoms with van der Waals surface area (Å²) in [5.74, 6) is -0.101. The van der Waals surface area contributed by atoms with Crippen molar-refractivity contribution in [3.63, 3.8) is 0 Å². The summed E-state index contributed by atoms with van der Waals surface area (Å²) in [7, 11) is 0. The third-order valence-electron chi connectivity index (χ3n) is 4.76. The molecule has 0 saturated carbocycles. The van der Waals surface area contributed by atoms with Crippen molar-refractivity contribution in [3.05, 3.63) is 65.2 Å². The molecule has 0 unspecified atom stereocenters. The summed E-state index contributed by atoms with van der Waals surface area (Å²) >= 11 is 0. The van der Waals surface area contributed by atoms with Gasteiger partial charge < -0.3 is 5.32 Å². The summed E-state index contributed by atoms with van der Waals surface area (Å²) < 4.78 is 3.85. The number of fused-ring (bicyclic) bond motifs is 1. The normalized spacial score (nSPS) is 13.5. The van der Waals surface area contributed by atoms with Gasteiger partial charge in [-0.2, -0.15) is 10.2 Å². The van der Waals surface area contributed by atoms with Crippen LogP contribution in [0.4, 0.5) is 0 Å². The molecule has 1 aliphatic rings. The molecule has 1 N–H and O–H groups in total. The molecule has 6 nitrogen and oxygen atoms in total. The first kappa shape index (κ1) is 15.6. The van der Waals surface area contributed by atoms with Gasteiger partial charge in [-0.25, -0.2) is 4.68 Å². The highest BCUT2D eigenvalue weighted by molar-refractivity contribution is 5.95. The number of aryl methyl sites for hydroxylation is 1. The Morgan fingerprint density at radius 1 is 1.16 bits per heavy atom. The number of aromatic nitrogens is 4. The van der Waals surface area contributed by atoms with Gasteiger partial charge in [-0.15, -0.1) is 0 Å². The van der Waals surface area contributed by atoms with E-state index in [2.05, 4.69) is 20.2 Å². The van der Waals surface area contributed by atoms with Crippen molar-refractivity contribution in [2.45, 2.75) is 39.3 Å². The standard InChI is InChI=1S/C19H21N5O/c1-14-17(13-22-24(14)16-7-3-2-4-8-16)19(25)20-11-15-12-21-23-10-6-5-9-18(15)23/h2-4,7-8,12-13H,5-6,9-11H2,1H3,(H,20,25). The number of hydrogen-bond donors (Lipinski definition) is 1. The summed E-state index contributed by atoms with van der Waals surface area (Å²) in [6.45, 7) is 3.40. The molecule has 0 saturated heterocycles. The van der Waals surface area contributed by atoms with E-state index in [9.17, 15) is 4.79 Å². The highest BCUT2D eigenvalue weighted by atomic mass is 16.1. The molecule has 0 aliphatic carbocycles. The topological polar surface area (TPSA) is 64.7 Å². The van der Waals surface area contributed by atoms with Crippen LogP contribution < -0.4 is 5.32 Å². The smallest absolute Gasteiger partial charge is 0.255 e. The Hall–Kier alpha value is -2.89. The zero-order chi connectivity index (χ0) is 17.2. The second-order valence-corrected chi connectivity index (χ2v) is 6.37. The van der Waals surface area contributed by atoms with E-state index in [4.69, 9.17) is 0 Å². The Kier molecular flexibility index (Phi) is 4.09. The molecular weight excluding hydrogens is 314 g/mol. The molecule has 128 valence electrons. The van der Waals surface area contributed by atoms with Crippen molar-refractivity contribution < 1.29 is 4.79 Å². The molecule has 1 aromatic carbocycles. The van der Waals surface area contributed by atoms with Gasteiger partial charge in [-0.05, 0) is 38.3 Å². The van der Waals surface area contributed by atoms with Gasteiger partial charge in [-0.3, -0.25) is 9.48 Å². The van der Waals surface area contributed by atoms with Crippen LogP contribution in [0, 0.1) is 6.92 Å². The van der Waals surface area contributed by atoms with E-state index in [1.54, 1.807) is 10.9 Å². The van der Waals surface area contributed by atoms with Gasteiger partial charge >= 0.3 is 0 Å². The molecule has 25 heavy (non-hydrogen) atoms. The summed E-state index contributed by atoms with van der Waals surface area (Å²) in [5.41, 5.74) is 4.75. The van der Waals surface area contributed by atoms with E-state index >= 15 is 0 Å². The van der Waals surface area contributed by atoms with E-state index < -0.39 is 0 Å². The molecule has 2 aromatic heterocycles. The summed E-state index contributed by atoms with van der Waals surface area (Å²) in [6, 6.07) is 9.82. The second-order valence-electron chi connectivity index (χ2n) is 6.37. The predicted molar refractivity (Wildman–Crippen MR) is 94.6 cm³/mol. The van der Waals surface area contributed by atoms with Crippen LogP contribution in [0.15, 0.2) is 42.7 Å². The van der Waals surface area contributed by atoms with Crippen molar-refractivity contribution in [3.8, 4) is 5.69 Å². The SMILES string of the molecule is Cc1c(C(=O)NCc2cnn3c2CCCC3)cnn1-c1ccccc1. The lowest BCUT2D eigenvalue weighted by Gasteiger charge is -2.14. The number of nitrogens with zero attached hydrogens (tertiary/aromatic N) is 4. The Morgan fingerprint density at radius 2 is 2.00 bits per heavy atom. The molecule has 6 heteroatoms. The van der Waals surface area contributed by atoms with Crippen LogP contribution in [-0.2, 0) is 19.5 Å². The van der Waals surface area contributed by atoms with Crippen LogP contribution >= 0.6 is 0 Å². The van der Waals surface area contributed by atoms with E-state index in [1.807, 2.05) is 43.5 Å². The van der Waals surface area contributed by atoms with Gasteiger partial charge in [0, 0.05) is 24.3 Å². The monoisotopic (exact) mass is 335 g/mol.